The third-order valence-electron chi connectivity index (χ3n) is 4.65. The van der Waals surface area contributed by atoms with Gasteiger partial charge in [-0.05, 0) is 32.1 Å². The number of aliphatic carboxylic acids is 1. The van der Waals surface area contributed by atoms with Crippen molar-refractivity contribution >= 4 is 5.97 Å². The average Bonchev–Trinajstić information content (AvgIpc) is 2.90. The summed E-state index contributed by atoms with van der Waals surface area (Å²) < 4.78 is 0. The number of rotatable bonds is 2. The quantitative estimate of drug-likeness (QED) is 0.754. The molecule has 3 heteroatoms. The molecule has 1 N–H and O–H groups in total. The van der Waals surface area contributed by atoms with Crippen molar-refractivity contribution in [2.24, 2.45) is 5.92 Å². The summed E-state index contributed by atoms with van der Waals surface area (Å²) in [6.07, 6.45) is 8.58. The van der Waals surface area contributed by atoms with Crippen LogP contribution in [-0.2, 0) is 4.79 Å². The first-order chi connectivity index (χ1) is 7.27. The smallest absolute Gasteiger partial charge is 0.308 e. The van der Waals surface area contributed by atoms with E-state index in [9.17, 15) is 4.79 Å². The highest BCUT2D eigenvalue weighted by molar-refractivity contribution is 5.71. The first-order valence-corrected chi connectivity index (χ1v) is 6.27. The Labute approximate surface area is 90.5 Å². The second-order valence-electron chi connectivity index (χ2n) is 5.36. The zero-order valence-electron chi connectivity index (χ0n) is 9.06. The Morgan fingerprint density at radius 1 is 1.07 bits per heavy atom. The number of hydrogen-bond acceptors (Lipinski definition) is 2. The molecule has 3 atom stereocenters. The second-order valence-corrected chi connectivity index (χ2v) is 5.36. The predicted octanol–water partition coefficient (Wildman–Crippen LogP) is 1.87. The van der Waals surface area contributed by atoms with E-state index in [0.717, 1.165) is 12.8 Å². The van der Waals surface area contributed by atoms with Crippen molar-refractivity contribution in [1.29, 1.82) is 0 Å². The van der Waals surface area contributed by atoms with Crippen molar-refractivity contribution in [2.75, 3.05) is 0 Å². The highest BCUT2D eigenvalue weighted by atomic mass is 16.4. The fourth-order valence-electron chi connectivity index (χ4n) is 4.07. The van der Waals surface area contributed by atoms with Gasteiger partial charge in [0.1, 0.15) is 0 Å². The van der Waals surface area contributed by atoms with Crippen molar-refractivity contribution in [1.82, 2.24) is 4.90 Å². The summed E-state index contributed by atoms with van der Waals surface area (Å²) >= 11 is 0. The molecule has 0 aromatic carbocycles. The third kappa shape index (κ3) is 1.40. The molecule has 0 aromatic heterocycles. The van der Waals surface area contributed by atoms with E-state index < -0.39 is 5.97 Å². The molecule has 2 aliphatic heterocycles. The standard InChI is InChI=1S/C12H19NO2/c14-12(15)10-7-9-5-6-11(10)13(9)8-3-1-2-4-8/h8-11H,1-7H2,(H,14,15). The predicted molar refractivity (Wildman–Crippen MR) is 56.6 cm³/mol. The molecule has 0 spiro atoms. The fourth-order valence-corrected chi connectivity index (χ4v) is 4.07. The average molecular weight is 209 g/mol. The lowest BCUT2D eigenvalue weighted by atomic mass is 9.89. The van der Waals surface area contributed by atoms with Gasteiger partial charge in [-0.2, -0.15) is 0 Å². The van der Waals surface area contributed by atoms with Crippen molar-refractivity contribution in [3.63, 3.8) is 0 Å². The molecular weight excluding hydrogens is 190 g/mol. The zero-order valence-corrected chi connectivity index (χ0v) is 9.06. The van der Waals surface area contributed by atoms with E-state index in [1.807, 2.05) is 0 Å². The SMILES string of the molecule is O=C(O)C1CC2CCC1N2C1CCCC1. The molecule has 0 radical (unpaired) electrons. The van der Waals surface area contributed by atoms with Gasteiger partial charge in [0.2, 0.25) is 0 Å². The first-order valence-electron chi connectivity index (χ1n) is 6.27. The maximum absolute atomic E-state index is 11.1. The Balaban J connectivity index is 1.77. The molecule has 84 valence electrons. The van der Waals surface area contributed by atoms with Gasteiger partial charge in [0.15, 0.2) is 0 Å². The molecule has 3 nitrogen and oxygen atoms in total. The topological polar surface area (TPSA) is 40.5 Å². The van der Waals surface area contributed by atoms with Crippen LogP contribution in [0.1, 0.15) is 44.9 Å². The largest absolute Gasteiger partial charge is 0.481 e. The Kier molecular flexibility index (Phi) is 2.23. The van der Waals surface area contributed by atoms with Crippen LogP contribution in [0.2, 0.25) is 0 Å². The van der Waals surface area contributed by atoms with Gasteiger partial charge < -0.3 is 5.11 Å². The number of hydrogen-bond donors (Lipinski definition) is 1. The second kappa shape index (κ2) is 3.48. The summed E-state index contributed by atoms with van der Waals surface area (Å²) in [7, 11) is 0. The lowest BCUT2D eigenvalue weighted by molar-refractivity contribution is -0.142. The maximum atomic E-state index is 11.1. The Bertz CT molecular complexity index is 273. The van der Waals surface area contributed by atoms with Crippen LogP contribution in [0, 0.1) is 5.92 Å². The summed E-state index contributed by atoms with van der Waals surface area (Å²) in [6, 6.07) is 1.68. The number of carboxylic acids is 1. The van der Waals surface area contributed by atoms with E-state index >= 15 is 0 Å². The normalized spacial score (nSPS) is 41.5. The van der Waals surface area contributed by atoms with Crippen molar-refractivity contribution < 1.29 is 9.90 Å². The minimum absolute atomic E-state index is 0.0654. The summed E-state index contributed by atoms with van der Waals surface area (Å²) in [5.41, 5.74) is 0. The monoisotopic (exact) mass is 209 g/mol. The maximum Gasteiger partial charge on any atom is 0.308 e. The fraction of sp³-hybridized carbons (Fsp3) is 0.917. The molecule has 3 rings (SSSR count). The van der Waals surface area contributed by atoms with E-state index in [-0.39, 0.29) is 5.92 Å². The van der Waals surface area contributed by atoms with Crippen LogP contribution in [0.4, 0.5) is 0 Å². The molecule has 2 bridgehead atoms. The molecule has 3 aliphatic rings. The van der Waals surface area contributed by atoms with Crippen LogP contribution in [0.25, 0.3) is 0 Å². The van der Waals surface area contributed by atoms with E-state index in [0.29, 0.717) is 18.1 Å². The van der Waals surface area contributed by atoms with Crippen LogP contribution < -0.4 is 0 Å². The molecule has 2 saturated heterocycles. The van der Waals surface area contributed by atoms with Gasteiger partial charge in [0.25, 0.3) is 0 Å². The Hall–Kier alpha value is -0.570. The molecule has 15 heavy (non-hydrogen) atoms. The van der Waals surface area contributed by atoms with Crippen LogP contribution >= 0.6 is 0 Å². The number of carbonyl (C=O) groups is 1. The molecule has 1 aliphatic carbocycles. The molecule has 2 heterocycles. The van der Waals surface area contributed by atoms with Crippen molar-refractivity contribution in [2.45, 2.75) is 63.1 Å². The van der Waals surface area contributed by atoms with Crippen LogP contribution in [0.3, 0.4) is 0 Å². The van der Waals surface area contributed by atoms with Crippen molar-refractivity contribution in [3.8, 4) is 0 Å². The zero-order chi connectivity index (χ0) is 10.4. The van der Waals surface area contributed by atoms with Crippen LogP contribution in [-0.4, -0.2) is 34.1 Å². The van der Waals surface area contributed by atoms with Gasteiger partial charge in [-0.15, -0.1) is 0 Å². The molecule has 1 saturated carbocycles. The summed E-state index contributed by atoms with van der Waals surface area (Å²) in [6.45, 7) is 0. The molecule has 0 amide bonds. The molecule has 3 fully saturated rings. The Morgan fingerprint density at radius 2 is 1.80 bits per heavy atom. The van der Waals surface area contributed by atoms with Gasteiger partial charge in [0.05, 0.1) is 5.92 Å². The molecule has 3 unspecified atom stereocenters. The van der Waals surface area contributed by atoms with E-state index in [2.05, 4.69) is 4.90 Å². The van der Waals surface area contributed by atoms with E-state index in [4.69, 9.17) is 5.11 Å². The van der Waals surface area contributed by atoms with Crippen LogP contribution in [0.5, 0.6) is 0 Å². The number of nitrogens with zero attached hydrogens (tertiary/aromatic N) is 1. The lowest BCUT2D eigenvalue weighted by Gasteiger charge is -2.29. The summed E-state index contributed by atoms with van der Waals surface area (Å²) in [4.78, 5) is 13.7. The highest BCUT2D eigenvalue weighted by Gasteiger charge is 2.51. The third-order valence-corrected chi connectivity index (χ3v) is 4.65. The minimum atomic E-state index is -0.565. The summed E-state index contributed by atoms with van der Waals surface area (Å²) in [5.74, 6) is -0.630. The highest BCUT2D eigenvalue weighted by Crippen LogP contribution is 2.45. The number of fused-ring (bicyclic) bond motifs is 2. The minimum Gasteiger partial charge on any atom is -0.481 e. The van der Waals surface area contributed by atoms with Gasteiger partial charge in [-0.3, -0.25) is 9.69 Å². The van der Waals surface area contributed by atoms with Gasteiger partial charge in [0, 0.05) is 18.1 Å². The van der Waals surface area contributed by atoms with E-state index in [1.54, 1.807) is 0 Å². The van der Waals surface area contributed by atoms with Gasteiger partial charge >= 0.3 is 5.97 Å². The van der Waals surface area contributed by atoms with Gasteiger partial charge in [-0.1, -0.05) is 12.8 Å². The first kappa shape index (κ1) is 9.64. The Morgan fingerprint density at radius 3 is 2.40 bits per heavy atom. The molecular formula is C12H19NO2. The van der Waals surface area contributed by atoms with Crippen LogP contribution in [0.15, 0.2) is 0 Å². The summed E-state index contributed by atoms with van der Waals surface area (Å²) in [5, 5.41) is 9.17. The molecule has 0 aromatic rings. The van der Waals surface area contributed by atoms with E-state index in [1.165, 1.54) is 32.1 Å². The van der Waals surface area contributed by atoms with Crippen molar-refractivity contribution in [3.05, 3.63) is 0 Å². The number of carboxylic acid groups (broad SMARTS) is 1. The lowest BCUT2D eigenvalue weighted by Crippen LogP contribution is -2.39. The van der Waals surface area contributed by atoms with Gasteiger partial charge in [-0.25, -0.2) is 0 Å².